The van der Waals surface area contributed by atoms with Gasteiger partial charge < -0.3 is 15.5 Å². The molecule has 0 heterocycles. The van der Waals surface area contributed by atoms with E-state index < -0.39 is 6.10 Å². The standard InChI is InChI=1S/C20H24ClNO2/c21-17-5-1-4-16(11-17)20(24)13-22-18-6-2-3-15(12-18)14-7-9-19(23)10-8-14/h1,4-5,7-11,15,18,20,22-24H,2-3,6,12-13H2/t15-,18-,20+/m1/s1. The maximum atomic E-state index is 10.3. The van der Waals surface area contributed by atoms with Crippen molar-refractivity contribution in [2.45, 2.75) is 43.7 Å². The van der Waals surface area contributed by atoms with Crippen molar-refractivity contribution in [2.75, 3.05) is 6.54 Å². The minimum Gasteiger partial charge on any atom is -0.508 e. The highest BCUT2D eigenvalue weighted by Crippen LogP contribution is 2.33. The van der Waals surface area contributed by atoms with Crippen LogP contribution in [-0.2, 0) is 0 Å². The minimum absolute atomic E-state index is 0.314. The van der Waals surface area contributed by atoms with Crippen LogP contribution < -0.4 is 5.32 Å². The van der Waals surface area contributed by atoms with Crippen molar-refractivity contribution in [3.63, 3.8) is 0 Å². The first-order chi connectivity index (χ1) is 11.6. The Balaban J connectivity index is 1.54. The van der Waals surface area contributed by atoms with Crippen molar-refractivity contribution < 1.29 is 10.2 Å². The van der Waals surface area contributed by atoms with Crippen molar-refractivity contribution in [1.82, 2.24) is 5.32 Å². The molecule has 3 N–H and O–H groups in total. The Morgan fingerprint density at radius 2 is 1.92 bits per heavy atom. The molecule has 3 nitrogen and oxygen atoms in total. The van der Waals surface area contributed by atoms with Crippen molar-refractivity contribution in [3.8, 4) is 5.75 Å². The van der Waals surface area contributed by atoms with Crippen LogP contribution in [0.1, 0.15) is 48.8 Å². The number of aliphatic hydroxyl groups excluding tert-OH is 1. The molecule has 0 unspecified atom stereocenters. The fourth-order valence-electron chi connectivity index (χ4n) is 3.53. The van der Waals surface area contributed by atoms with Crippen LogP contribution >= 0.6 is 11.6 Å². The Labute approximate surface area is 148 Å². The fourth-order valence-corrected chi connectivity index (χ4v) is 3.73. The fraction of sp³-hybridized carbons (Fsp3) is 0.400. The van der Waals surface area contributed by atoms with Crippen molar-refractivity contribution >= 4 is 11.6 Å². The van der Waals surface area contributed by atoms with Crippen LogP contribution in [0.15, 0.2) is 48.5 Å². The summed E-state index contributed by atoms with van der Waals surface area (Å²) >= 11 is 5.99. The second kappa shape index (κ2) is 8.02. The molecule has 128 valence electrons. The van der Waals surface area contributed by atoms with E-state index in [4.69, 9.17) is 11.6 Å². The van der Waals surface area contributed by atoms with Crippen LogP contribution in [0.4, 0.5) is 0 Å². The molecule has 2 aromatic carbocycles. The molecule has 24 heavy (non-hydrogen) atoms. The van der Waals surface area contributed by atoms with E-state index in [2.05, 4.69) is 5.32 Å². The van der Waals surface area contributed by atoms with Crippen LogP contribution in [0.3, 0.4) is 0 Å². The summed E-state index contributed by atoms with van der Waals surface area (Å²) in [4.78, 5) is 0. The monoisotopic (exact) mass is 345 g/mol. The number of hydrogen-bond acceptors (Lipinski definition) is 3. The lowest BCUT2D eigenvalue weighted by Crippen LogP contribution is -2.36. The normalized spacial score (nSPS) is 22.2. The van der Waals surface area contributed by atoms with Crippen LogP contribution in [0.2, 0.25) is 5.02 Å². The SMILES string of the molecule is Oc1ccc([C@@H]2CCC[C@@H](NC[C@H](O)c3cccc(Cl)c3)C2)cc1. The Hall–Kier alpha value is -1.55. The molecule has 0 spiro atoms. The molecule has 0 bridgehead atoms. The molecule has 1 aliphatic rings. The zero-order valence-electron chi connectivity index (χ0n) is 13.7. The third kappa shape index (κ3) is 4.50. The quantitative estimate of drug-likeness (QED) is 0.753. The van der Waals surface area contributed by atoms with E-state index in [1.54, 1.807) is 12.1 Å². The molecule has 1 fully saturated rings. The maximum Gasteiger partial charge on any atom is 0.115 e. The molecule has 1 aliphatic carbocycles. The van der Waals surface area contributed by atoms with Crippen molar-refractivity contribution in [2.24, 2.45) is 0 Å². The number of phenolic OH excluding ortho intramolecular Hbond substituents is 1. The number of benzene rings is 2. The molecule has 3 rings (SSSR count). The lowest BCUT2D eigenvalue weighted by atomic mass is 9.81. The van der Waals surface area contributed by atoms with Crippen LogP contribution in [0.5, 0.6) is 5.75 Å². The predicted molar refractivity (Wildman–Crippen MR) is 97.5 cm³/mol. The summed E-state index contributed by atoms with van der Waals surface area (Å²) in [5, 5.41) is 23.9. The van der Waals surface area contributed by atoms with Gasteiger partial charge in [-0.15, -0.1) is 0 Å². The Bertz CT molecular complexity index is 659. The van der Waals surface area contributed by atoms with Gasteiger partial charge in [-0.25, -0.2) is 0 Å². The highest BCUT2D eigenvalue weighted by atomic mass is 35.5. The zero-order valence-corrected chi connectivity index (χ0v) is 14.4. The first-order valence-corrected chi connectivity index (χ1v) is 8.95. The second-order valence-electron chi connectivity index (χ2n) is 6.63. The molecule has 0 aliphatic heterocycles. The summed E-state index contributed by atoms with van der Waals surface area (Å²) in [6, 6.07) is 15.4. The van der Waals surface area contributed by atoms with Gasteiger partial charge in [0.05, 0.1) is 6.10 Å². The van der Waals surface area contributed by atoms with E-state index in [0.717, 1.165) is 18.4 Å². The molecule has 3 atom stereocenters. The number of rotatable bonds is 5. The second-order valence-corrected chi connectivity index (χ2v) is 7.07. The van der Waals surface area contributed by atoms with Gasteiger partial charge in [0, 0.05) is 17.6 Å². The average Bonchev–Trinajstić information content (AvgIpc) is 2.60. The lowest BCUT2D eigenvalue weighted by molar-refractivity contribution is 0.164. The average molecular weight is 346 g/mol. The van der Waals surface area contributed by atoms with E-state index in [1.807, 2.05) is 36.4 Å². The largest absolute Gasteiger partial charge is 0.508 e. The Morgan fingerprint density at radius 1 is 1.12 bits per heavy atom. The number of nitrogens with one attached hydrogen (secondary N) is 1. The van der Waals surface area contributed by atoms with E-state index >= 15 is 0 Å². The van der Waals surface area contributed by atoms with Gasteiger partial charge in [-0.1, -0.05) is 42.3 Å². The third-order valence-corrected chi connectivity index (χ3v) is 5.11. The molecule has 1 saturated carbocycles. The maximum absolute atomic E-state index is 10.3. The Morgan fingerprint density at radius 3 is 2.67 bits per heavy atom. The number of halogens is 1. The van der Waals surface area contributed by atoms with E-state index in [-0.39, 0.29) is 0 Å². The molecule has 0 saturated heterocycles. The smallest absolute Gasteiger partial charge is 0.115 e. The van der Waals surface area contributed by atoms with Gasteiger partial charge in [0.2, 0.25) is 0 Å². The first kappa shape index (κ1) is 17.3. The minimum atomic E-state index is -0.544. The molecular weight excluding hydrogens is 322 g/mol. The highest BCUT2D eigenvalue weighted by molar-refractivity contribution is 6.30. The number of hydrogen-bond donors (Lipinski definition) is 3. The molecule has 0 amide bonds. The first-order valence-electron chi connectivity index (χ1n) is 8.57. The molecular formula is C20H24ClNO2. The number of aliphatic hydroxyl groups is 1. The van der Waals surface area contributed by atoms with Gasteiger partial charge in [-0.2, -0.15) is 0 Å². The van der Waals surface area contributed by atoms with Crippen LogP contribution in [0, 0.1) is 0 Å². The molecule has 0 radical (unpaired) electrons. The molecule has 0 aromatic heterocycles. The summed E-state index contributed by atoms with van der Waals surface area (Å²) in [6.45, 7) is 0.535. The van der Waals surface area contributed by atoms with E-state index in [1.165, 1.54) is 18.4 Å². The van der Waals surface area contributed by atoms with Gasteiger partial charge in [0.15, 0.2) is 0 Å². The highest BCUT2D eigenvalue weighted by Gasteiger charge is 2.23. The topological polar surface area (TPSA) is 52.5 Å². The summed E-state index contributed by atoms with van der Waals surface area (Å²) in [5.74, 6) is 0.828. The molecule has 2 aromatic rings. The summed E-state index contributed by atoms with van der Waals surface area (Å²) in [6.07, 6.45) is 4.01. The van der Waals surface area contributed by atoms with Gasteiger partial charge in [-0.3, -0.25) is 0 Å². The summed E-state index contributed by atoms with van der Waals surface area (Å²) in [7, 11) is 0. The van der Waals surface area contributed by atoms with Crippen molar-refractivity contribution in [3.05, 3.63) is 64.7 Å². The van der Waals surface area contributed by atoms with E-state index in [9.17, 15) is 10.2 Å². The Kier molecular flexibility index (Phi) is 5.77. The van der Waals surface area contributed by atoms with Gasteiger partial charge in [0.1, 0.15) is 5.75 Å². The van der Waals surface area contributed by atoms with Crippen molar-refractivity contribution in [1.29, 1.82) is 0 Å². The summed E-state index contributed by atoms with van der Waals surface area (Å²) in [5.41, 5.74) is 2.13. The lowest BCUT2D eigenvalue weighted by Gasteiger charge is -2.31. The van der Waals surface area contributed by atoms with Gasteiger partial charge in [0.25, 0.3) is 0 Å². The predicted octanol–water partition coefficient (Wildman–Crippen LogP) is 4.40. The van der Waals surface area contributed by atoms with E-state index in [0.29, 0.717) is 29.3 Å². The van der Waals surface area contributed by atoms with Gasteiger partial charge >= 0.3 is 0 Å². The molecule has 4 heteroatoms. The zero-order chi connectivity index (χ0) is 16.9. The van der Waals surface area contributed by atoms with Crippen LogP contribution in [-0.4, -0.2) is 22.8 Å². The summed E-state index contributed by atoms with van der Waals surface area (Å²) < 4.78 is 0. The van der Waals surface area contributed by atoms with Crippen LogP contribution in [0.25, 0.3) is 0 Å². The number of aromatic hydroxyl groups is 1. The third-order valence-electron chi connectivity index (χ3n) is 4.87. The number of phenols is 1. The van der Waals surface area contributed by atoms with Gasteiger partial charge in [-0.05, 0) is 60.6 Å².